The lowest BCUT2D eigenvalue weighted by atomic mass is 9.88. The van der Waals surface area contributed by atoms with Crippen molar-refractivity contribution >= 4 is 11.9 Å². The van der Waals surface area contributed by atoms with Crippen LogP contribution < -0.4 is 5.32 Å². The maximum atomic E-state index is 12.6. The number of carbonyl (C=O) groups excluding carboxylic acids is 2. The first-order chi connectivity index (χ1) is 9.80. The van der Waals surface area contributed by atoms with Crippen LogP contribution in [0.3, 0.4) is 0 Å². The molecule has 2 bridgehead atoms. The minimum Gasteiger partial charge on any atom is -0.469 e. The Hall–Kier alpha value is -1.31. The zero-order valence-corrected chi connectivity index (χ0v) is 11.8. The maximum absolute atomic E-state index is 12.6. The number of ether oxygens (including phenoxy) is 1. The van der Waals surface area contributed by atoms with Gasteiger partial charge in [-0.2, -0.15) is 13.2 Å². The number of esters is 1. The molecule has 0 aromatic carbocycles. The van der Waals surface area contributed by atoms with Crippen molar-refractivity contribution < 1.29 is 27.5 Å². The van der Waals surface area contributed by atoms with Crippen LogP contribution in [-0.4, -0.2) is 55.2 Å². The van der Waals surface area contributed by atoms with E-state index in [4.69, 9.17) is 0 Å². The third kappa shape index (κ3) is 4.09. The fourth-order valence-electron chi connectivity index (χ4n) is 3.14. The van der Waals surface area contributed by atoms with Crippen molar-refractivity contribution in [3.05, 3.63) is 0 Å². The van der Waals surface area contributed by atoms with Crippen LogP contribution in [0.15, 0.2) is 0 Å². The molecular formula is C13H19F3N2O3. The summed E-state index contributed by atoms with van der Waals surface area (Å²) in [5.41, 5.74) is 0. The number of hydrogen-bond acceptors (Lipinski definition) is 4. The first kappa shape index (κ1) is 16.1. The first-order valence-electron chi connectivity index (χ1n) is 6.98. The Kier molecular flexibility index (Phi) is 4.75. The molecule has 8 heteroatoms. The summed E-state index contributed by atoms with van der Waals surface area (Å²) in [6.45, 7) is -1.59. The first-order valence-corrected chi connectivity index (χ1v) is 6.98. The second-order valence-electron chi connectivity index (χ2n) is 5.59. The van der Waals surface area contributed by atoms with Crippen molar-refractivity contribution in [1.29, 1.82) is 0 Å². The molecule has 21 heavy (non-hydrogen) atoms. The quantitative estimate of drug-likeness (QED) is 0.772. The van der Waals surface area contributed by atoms with E-state index in [1.54, 1.807) is 0 Å². The van der Waals surface area contributed by atoms with Gasteiger partial charge in [-0.25, -0.2) is 0 Å². The summed E-state index contributed by atoms with van der Waals surface area (Å²) in [6.07, 6.45) is -2.34. The van der Waals surface area contributed by atoms with Crippen LogP contribution in [0.4, 0.5) is 13.2 Å². The largest absolute Gasteiger partial charge is 0.469 e. The molecule has 0 aliphatic carbocycles. The molecule has 1 N–H and O–H groups in total. The van der Waals surface area contributed by atoms with Gasteiger partial charge < -0.3 is 15.0 Å². The molecule has 0 saturated carbocycles. The molecule has 2 aliphatic heterocycles. The molecule has 2 fully saturated rings. The molecule has 0 aromatic heterocycles. The fourth-order valence-corrected chi connectivity index (χ4v) is 3.14. The topological polar surface area (TPSA) is 58.6 Å². The van der Waals surface area contributed by atoms with Crippen LogP contribution in [0, 0.1) is 5.92 Å². The molecule has 2 rings (SSSR count). The number of nitrogens with one attached hydrogen (secondary N) is 1. The van der Waals surface area contributed by atoms with Gasteiger partial charge in [0.25, 0.3) is 0 Å². The van der Waals surface area contributed by atoms with E-state index in [2.05, 4.69) is 10.1 Å². The smallest absolute Gasteiger partial charge is 0.406 e. The van der Waals surface area contributed by atoms with Gasteiger partial charge in [0, 0.05) is 18.6 Å². The van der Waals surface area contributed by atoms with E-state index >= 15 is 0 Å². The standard InChI is InChI=1S/C13H19F3N2O3/c1-21-11(19)4-5-18(7-13(14,15)16)12(20)9-6-8-2-3-10(9)17-8/h8-10,17H,2-7H2,1H3. The molecule has 0 aromatic rings. The Bertz CT molecular complexity index is 414. The average molecular weight is 308 g/mol. The lowest BCUT2D eigenvalue weighted by Gasteiger charge is -2.29. The summed E-state index contributed by atoms with van der Waals surface area (Å²) < 4.78 is 42.3. The summed E-state index contributed by atoms with van der Waals surface area (Å²) in [6, 6.07) is 0.202. The summed E-state index contributed by atoms with van der Waals surface area (Å²) in [5.74, 6) is -1.55. The van der Waals surface area contributed by atoms with Crippen molar-refractivity contribution in [2.75, 3.05) is 20.2 Å². The van der Waals surface area contributed by atoms with Crippen LogP contribution in [0.1, 0.15) is 25.7 Å². The number of nitrogens with zero attached hydrogens (tertiary/aromatic N) is 1. The van der Waals surface area contributed by atoms with E-state index in [0.717, 1.165) is 24.9 Å². The van der Waals surface area contributed by atoms with Crippen molar-refractivity contribution in [3.63, 3.8) is 0 Å². The van der Waals surface area contributed by atoms with E-state index in [1.165, 1.54) is 0 Å². The van der Waals surface area contributed by atoms with Gasteiger partial charge in [-0.05, 0) is 19.3 Å². The molecule has 3 atom stereocenters. The van der Waals surface area contributed by atoms with Gasteiger partial charge in [-0.3, -0.25) is 9.59 Å². The van der Waals surface area contributed by atoms with Gasteiger partial charge in [-0.1, -0.05) is 0 Å². The minimum absolute atomic E-state index is 0.0311. The molecule has 0 spiro atoms. The van der Waals surface area contributed by atoms with Gasteiger partial charge in [-0.15, -0.1) is 0 Å². The number of halogens is 3. The molecule has 5 nitrogen and oxygen atoms in total. The van der Waals surface area contributed by atoms with Crippen molar-refractivity contribution in [3.8, 4) is 0 Å². The average Bonchev–Trinajstić information content (AvgIpc) is 3.03. The van der Waals surface area contributed by atoms with Gasteiger partial charge in [0.2, 0.25) is 5.91 Å². The maximum Gasteiger partial charge on any atom is 0.406 e. The normalized spacial score (nSPS) is 27.7. The number of hydrogen-bond donors (Lipinski definition) is 1. The molecular weight excluding hydrogens is 289 g/mol. The van der Waals surface area contributed by atoms with Crippen LogP contribution in [0.2, 0.25) is 0 Å². The summed E-state index contributed by atoms with van der Waals surface area (Å²) in [5, 5.41) is 3.23. The zero-order chi connectivity index (χ0) is 15.6. The molecule has 3 unspecified atom stereocenters. The molecule has 1 amide bonds. The van der Waals surface area contributed by atoms with Crippen LogP contribution in [0.5, 0.6) is 0 Å². The van der Waals surface area contributed by atoms with Crippen molar-refractivity contribution in [1.82, 2.24) is 10.2 Å². The van der Waals surface area contributed by atoms with Crippen molar-refractivity contribution in [2.24, 2.45) is 5.92 Å². The number of carbonyl (C=O) groups is 2. The summed E-state index contributed by atoms with van der Waals surface area (Å²) in [7, 11) is 1.16. The van der Waals surface area contributed by atoms with E-state index < -0.39 is 30.5 Å². The third-order valence-corrected chi connectivity index (χ3v) is 4.11. The number of amides is 1. The molecule has 2 heterocycles. The molecule has 2 saturated heterocycles. The van der Waals surface area contributed by atoms with Crippen LogP contribution in [-0.2, 0) is 14.3 Å². The summed E-state index contributed by atoms with van der Waals surface area (Å²) in [4.78, 5) is 24.2. The number of fused-ring (bicyclic) bond motifs is 2. The zero-order valence-electron chi connectivity index (χ0n) is 11.8. The van der Waals surface area contributed by atoms with E-state index in [9.17, 15) is 22.8 Å². The van der Waals surface area contributed by atoms with Crippen LogP contribution in [0.25, 0.3) is 0 Å². The highest BCUT2D eigenvalue weighted by Gasteiger charge is 2.45. The van der Waals surface area contributed by atoms with E-state index in [1.807, 2.05) is 0 Å². The predicted molar refractivity (Wildman–Crippen MR) is 67.3 cm³/mol. The second kappa shape index (κ2) is 6.21. The van der Waals surface area contributed by atoms with E-state index in [0.29, 0.717) is 6.42 Å². The highest BCUT2D eigenvalue weighted by atomic mass is 19.4. The highest BCUT2D eigenvalue weighted by molar-refractivity contribution is 5.81. The number of methoxy groups -OCH3 is 1. The highest BCUT2D eigenvalue weighted by Crippen LogP contribution is 2.34. The lowest BCUT2D eigenvalue weighted by molar-refractivity contribution is -0.165. The third-order valence-electron chi connectivity index (χ3n) is 4.11. The second-order valence-corrected chi connectivity index (χ2v) is 5.59. The Morgan fingerprint density at radius 1 is 1.33 bits per heavy atom. The Morgan fingerprint density at radius 3 is 2.52 bits per heavy atom. The monoisotopic (exact) mass is 308 g/mol. The van der Waals surface area contributed by atoms with E-state index in [-0.39, 0.29) is 25.0 Å². The summed E-state index contributed by atoms with van der Waals surface area (Å²) >= 11 is 0. The van der Waals surface area contributed by atoms with Crippen LogP contribution >= 0.6 is 0 Å². The SMILES string of the molecule is COC(=O)CCN(CC(F)(F)F)C(=O)C1CC2CCC1N2. The molecule has 0 radical (unpaired) electrons. The van der Waals surface area contributed by atoms with Gasteiger partial charge in [0.1, 0.15) is 6.54 Å². The van der Waals surface area contributed by atoms with Gasteiger partial charge >= 0.3 is 12.1 Å². The lowest BCUT2D eigenvalue weighted by Crippen LogP contribution is -2.46. The Morgan fingerprint density at radius 2 is 2.05 bits per heavy atom. The van der Waals surface area contributed by atoms with Gasteiger partial charge in [0.05, 0.1) is 19.4 Å². The Labute approximate surface area is 120 Å². The van der Waals surface area contributed by atoms with Crippen molar-refractivity contribution in [2.45, 2.75) is 43.9 Å². The number of alkyl halides is 3. The number of rotatable bonds is 5. The molecule has 120 valence electrons. The minimum atomic E-state index is -4.48. The predicted octanol–water partition coefficient (Wildman–Crippen LogP) is 1.08. The molecule has 2 aliphatic rings. The van der Waals surface area contributed by atoms with Gasteiger partial charge in [0.15, 0.2) is 0 Å². The fraction of sp³-hybridized carbons (Fsp3) is 0.846. The Balaban J connectivity index is 1.99.